The molecule has 6 heteroatoms. The summed E-state index contributed by atoms with van der Waals surface area (Å²) in [5.41, 5.74) is -1.81. The molecule has 110 valence electrons. The number of benzene rings is 2. The molecule has 3 rings (SSSR count). The van der Waals surface area contributed by atoms with E-state index in [1.165, 1.54) is 30.1 Å². The Morgan fingerprint density at radius 2 is 1.59 bits per heavy atom. The summed E-state index contributed by atoms with van der Waals surface area (Å²) in [6.07, 6.45) is 0. The SMILES string of the molecule is CN1C(=O)[C@](c2ccccc2)([N+](=O)[O-])C(=O)c2ccccc21. The first-order valence-electron chi connectivity index (χ1n) is 6.63. The van der Waals surface area contributed by atoms with Crippen molar-refractivity contribution in [3.8, 4) is 0 Å². The lowest BCUT2D eigenvalue weighted by Crippen LogP contribution is -2.59. The number of anilines is 1. The van der Waals surface area contributed by atoms with Gasteiger partial charge in [0.2, 0.25) is 0 Å². The summed E-state index contributed by atoms with van der Waals surface area (Å²) >= 11 is 0. The molecule has 0 bridgehead atoms. The molecular weight excluding hydrogens is 284 g/mol. The van der Waals surface area contributed by atoms with Gasteiger partial charge in [-0.1, -0.05) is 42.5 Å². The highest BCUT2D eigenvalue weighted by Crippen LogP contribution is 2.39. The molecule has 6 nitrogen and oxygen atoms in total. The average Bonchev–Trinajstić information content (AvgIpc) is 2.54. The molecule has 0 saturated carbocycles. The fourth-order valence-electron chi connectivity index (χ4n) is 2.80. The molecule has 1 aliphatic heterocycles. The third-order valence-corrected chi connectivity index (χ3v) is 3.92. The molecular formula is C16H12N2O4. The van der Waals surface area contributed by atoms with E-state index in [4.69, 9.17) is 0 Å². The molecule has 0 radical (unpaired) electrons. The Morgan fingerprint density at radius 1 is 1.00 bits per heavy atom. The van der Waals surface area contributed by atoms with E-state index in [-0.39, 0.29) is 11.1 Å². The van der Waals surface area contributed by atoms with E-state index in [0.717, 1.165) is 0 Å². The predicted molar refractivity (Wildman–Crippen MR) is 79.3 cm³/mol. The van der Waals surface area contributed by atoms with Gasteiger partial charge in [-0.15, -0.1) is 0 Å². The Hall–Kier alpha value is -3.02. The van der Waals surface area contributed by atoms with Gasteiger partial charge in [0.1, 0.15) is 0 Å². The molecule has 0 N–H and O–H groups in total. The largest absolute Gasteiger partial charge is 0.385 e. The Balaban J connectivity index is 2.35. The van der Waals surface area contributed by atoms with E-state index in [1.54, 1.807) is 36.4 Å². The molecule has 0 aliphatic carbocycles. The number of rotatable bonds is 2. The fourth-order valence-corrected chi connectivity index (χ4v) is 2.80. The van der Waals surface area contributed by atoms with Gasteiger partial charge in [-0.25, -0.2) is 0 Å². The van der Waals surface area contributed by atoms with Crippen molar-refractivity contribution in [2.45, 2.75) is 5.54 Å². The predicted octanol–water partition coefficient (Wildman–Crippen LogP) is 2.02. The van der Waals surface area contributed by atoms with Crippen LogP contribution < -0.4 is 4.90 Å². The molecule has 0 spiro atoms. The van der Waals surface area contributed by atoms with Crippen LogP contribution in [0.5, 0.6) is 0 Å². The van der Waals surface area contributed by atoms with Gasteiger partial charge in [-0.05, 0) is 12.1 Å². The number of Topliss-reactive ketones (excluding diaryl/α,β-unsaturated/α-hetero) is 1. The third-order valence-electron chi connectivity index (χ3n) is 3.92. The molecule has 2 aromatic rings. The molecule has 22 heavy (non-hydrogen) atoms. The average molecular weight is 296 g/mol. The maximum Gasteiger partial charge on any atom is 0.385 e. The first-order valence-corrected chi connectivity index (χ1v) is 6.63. The summed E-state index contributed by atoms with van der Waals surface area (Å²) in [5, 5.41) is 11.8. The molecule has 0 aromatic heterocycles. The summed E-state index contributed by atoms with van der Waals surface area (Å²) < 4.78 is 0. The fraction of sp³-hybridized carbons (Fsp3) is 0.125. The van der Waals surface area contributed by atoms with Crippen molar-refractivity contribution in [1.29, 1.82) is 0 Å². The molecule has 1 amide bonds. The van der Waals surface area contributed by atoms with Crippen LogP contribution in [0.4, 0.5) is 5.69 Å². The maximum absolute atomic E-state index is 12.8. The van der Waals surface area contributed by atoms with Crippen molar-refractivity contribution in [2.75, 3.05) is 11.9 Å². The number of nitrogens with zero attached hydrogens (tertiary/aromatic N) is 2. The van der Waals surface area contributed by atoms with E-state index in [2.05, 4.69) is 0 Å². The van der Waals surface area contributed by atoms with E-state index >= 15 is 0 Å². The van der Waals surface area contributed by atoms with E-state index < -0.39 is 22.2 Å². The zero-order valence-corrected chi connectivity index (χ0v) is 11.7. The quantitative estimate of drug-likeness (QED) is 0.482. The van der Waals surface area contributed by atoms with E-state index in [0.29, 0.717) is 5.69 Å². The number of hydrogen-bond acceptors (Lipinski definition) is 4. The zero-order chi connectivity index (χ0) is 15.9. The number of nitro groups is 1. The molecule has 1 aliphatic rings. The molecule has 1 atom stereocenters. The number of amides is 1. The molecule has 2 aromatic carbocycles. The van der Waals surface area contributed by atoms with Crippen molar-refractivity contribution in [3.63, 3.8) is 0 Å². The van der Waals surface area contributed by atoms with Crippen LogP contribution in [0.2, 0.25) is 0 Å². The summed E-state index contributed by atoms with van der Waals surface area (Å²) in [6, 6.07) is 14.1. The Kier molecular flexibility index (Phi) is 3.02. The summed E-state index contributed by atoms with van der Waals surface area (Å²) in [6.45, 7) is 0. The number of hydrogen-bond donors (Lipinski definition) is 0. The van der Waals surface area contributed by atoms with Gasteiger partial charge in [0, 0.05) is 17.5 Å². The lowest BCUT2D eigenvalue weighted by atomic mass is 9.78. The molecule has 0 saturated heterocycles. The second-order valence-electron chi connectivity index (χ2n) is 5.04. The van der Waals surface area contributed by atoms with Crippen LogP contribution >= 0.6 is 0 Å². The first-order chi connectivity index (χ1) is 10.5. The van der Waals surface area contributed by atoms with Crippen molar-refractivity contribution < 1.29 is 14.5 Å². The van der Waals surface area contributed by atoms with Gasteiger partial charge < -0.3 is 4.90 Å². The second-order valence-corrected chi connectivity index (χ2v) is 5.04. The molecule has 0 unspecified atom stereocenters. The Labute approximate surface area is 126 Å². The third kappa shape index (κ3) is 1.60. The van der Waals surface area contributed by atoms with E-state index in [9.17, 15) is 19.7 Å². The Morgan fingerprint density at radius 3 is 2.23 bits per heavy atom. The summed E-state index contributed by atoms with van der Waals surface area (Å²) in [7, 11) is 1.44. The van der Waals surface area contributed by atoms with Crippen molar-refractivity contribution >= 4 is 17.4 Å². The van der Waals surface area contributed by atoms with Gasteiger partial charge in [0.25, 0.3) is 5.78 Å². The topological polar surface area (TPSA) is 80.5 Å². The number of ketones is 1. The maximum atomic E-state index is 12.8. The number of fused-ring (bicyclic) bond motifs is 1. The minimum Gasteiger partial charge on any atom is -0.308 e. The van der Waals surface area contributed by atoms with Crippen LogP contribution in [-0.2, 0) is 10.3 Å². The summed E-state index contributed by atoms with van der Waals surface area (Å²) in [5.74, 6) is -1.66. The van der Waals surface area contributed by atoms with E-state index in [1.807, 2.05) is 0 Å². The van der Waals surface area contributed by atoms with Crippen LogP contribution in [0.1, 0.15) is 15.9 Å². The number of likely N-dealkylation sites (N-methyl/N-ethyl adjacent to an activating group) is 1. The number of carbonyl (C=O) groups is 2. The van der Waals surface area contributed by atoms with Gasteiger partial charge in [-0.3, -0.25) is 19.7 Å². The normalized spacial score (nSPS) is 20.7. The van der Waals surface area contributed by atoms with Crippen molar-refractivity contribution in [3.05, 3.63) is 75.8 Å². The molecule has 0 fully saturated rings. The van der Waals surface area contributed by atoms with Gasteiger partial charge >= 0.3 is 11.4 Å². The van der Waals surface area contributed by atoms with Gasteiger partial charge in [0.05, 0.1) is 11.3 Å². The first kappa shape index (κ1) is 13.9. The summed E-state index contributed by atoms with van der Waals surface area (Å²) in [4.78, 5) is 37.7. The lowest BCUT2D eigenvalue weighted by Gasteiger charge is -2.33. The second kappa shape index (κ2) is 4.77. The van der Waals surface area contributed by atoms with Crippen molar-refractivity contribution in [2.24, 2.45) is 0 Å². The lowest BCUT2D eigenvalue weighted by molar-refractivity contribution is -0.541. The zero-order valence-electron chi connectivity index (χ0n) is 11.7. The van der Waals surface area contributed by atoms with Crippen molar-refractivity contribution in [1.82, 2.24) is 0 Å². The van der Waals surface area contributed by atoms with Crippen LogP contribution in [-0.4, -0.2) is 23.7 Å². The molecule has 1 heterocycles. The smallest absolute Gasteiger partial charge is 0.308 e. The van der Waals surface area contributed by atoms with Crippen LogP contribution in [0.25, 0.3) is 0 Å². The van der Waals surface area contributed by atoms with Gasteiger partial charge in [0.15, 0.2) is 0 Å². The van der Waals surface area contributed by atoms with Crippen LogP contribution in [0.3, 0.4) is 0 Å². The monoisotopic (exact) mass is 296 g/mol. The van der Waals surface area contributed by atoms with Gasteiger partial charge in [-0.2, -0.15) is 0 Å². The minimum absolute atomic E-state index is 0.0661. The number of para-hydroxylation sites is 1. The van der Waals surface area contributed by atoms with Crippen LogP contribution in [0.15, 0.2) is 54.6 Å². The highest BCUT2D eigenvalue weighted by molar-refractivity contribution is 6.27. The minimum atomic E-state index is -2.43. The number of carbonyl (C=O) groups excluding carboxylic acids is 2. The standard InChI is InChI=1S/C16H12N2O4/c1-17-13-10-6-5-9-12(13)14(19)16(15(17)20,18(21)22)11-7-3-2-4-8-11/h2-10H,1H3/t16-/m1/s1. The highest BCUT2D eigenvalue weighted by Gasteiger charge is 2.64. The Bertz CT molecular complexity index is 788. The highest BCUT2D eigenvalue weighted by atomic mass is 16.6. The van der Waals surface area contributed by atoms with Crippen LogP contribution in [0, 0.1) is 10.1 Å².